The van der Waals surface area contributed by atoms with Gasteiger partial charge in [0.2, 0.25) is 21.8 Å². The van der Waals surface area contributed by atoms with Gasteiger partial charge in [0, 0.05) is 17.6 Å². The van der Waals surface area contributed by atoms with Crippen LogP contribution in [-0.2, 0) is 26.2 Å². The van der Waals surface area contributed by atoms with Crippen LogP contribution in [0.3, 0.4) is 0 Å². The van der Waals surface area contributed by atoms with Gasteiger partial charge in [-0.25, -0.2) is 8.42 Å². The van der Waals surface area contributed by atoms with Crippen molar-refractivity contribution in [1.82, 2.24) is 10.2 Å². The fraction of sp³-hybridized carbons (Fsp3) is 0.500. The van der Waals surface area contributed by atoms with Crippen LogP contribution in [0, 0.1) is 6.92 Å². The number of rotatable bonds is 11. The molecule has 0 spiro atoms. The molecule has 1 aliphatic rings. The molecule has 8 nitrogen and oxygen atoms in total. The molecule has 1 atom stereocenters. The Balaban J connectivity index is 1.94. The van der Waals surface area contributed by atoms with Gasteiger partial charge in [0.05, 0.1) is 19.1 Å². The maximum atomic E-state index is 13.9. The molecule has 2 amide bonds. The Bertz CT molecular complexity index is 1210. The van der Waals surface area contributed by atoms with Gasteiger partial charge in [-0.3, -0.25) is 13.9 Å². The molecular weight excluding hydrogens is 526 g/mol. The van der Waals surface area contributed by atoms with E-state index in [1.807, 2.05) is 19.1 Å². The molecule has 0 aliphatic heterocycles. The van der Waals surface area contributed by atoms with Crippen molar-refractivity contribution in [2.75, 3.05) is 24.2 Å². The van der Waals surface area contributed by atoms with Crippen LogP contribution in [0.4, 0.5) is 5.69 Å². The second-order valence-corrected chi connectivity index (χ2v) is 12.2. The SMILES string of the molecule is CCC(C(=O)NC1CCCCC1)N(Cc1ccc(OC)cc1)C(=O)CN(c1cc(Cl)ccc1C)S(C)(=O)=O. The number of carbonyl (C=O) groups is 2. The van der Waals surface area contributed by atoms with E-state index in [9.17, 15) is 18.0 Å². The first-order valence-corrected chi connectivity index (χ1v) is 15.2. The third-order valence-electron chi connectivity index (χ3n) is 6.97. The van der Waals surface area contributed by atoms with Gasteiger partial charge in [-0.1, -0.05) is 56.0 Å². The number of carbonyl (C=O) groups excluding carboxylic acids is 2. The average Bonchev–Trinajstić information content (AvgIpc) is 2.89. The summed E-state index contributed by atoms with van der Waals surface area (Å²) in [7, 11) is -2.26. The molecule has 2 aromatic rings. The zero-order valence-corrected chi connectivity index (χ0v) is 24.1. The Morgan fingerprint density at radius 2 is 1.76 bits per heavy atom. The molecular formula is C28H38ClN3O5S. The molecule has 1 N–H and O–H groups in total. The van der Waals surface area contributed by atoms with Gasteiger partial charge in [-0.2, -0.15) is 0 Å². The van der Waals surface area contributed by atoms with Crippen LogP contribution in [0.25, 0.3) is 0 Å². The van der Waals surface area contributed by atoms with E-state index in [0.29, 0.717) is 28.4 Å². The van der Waals surface area contributed by atoms with E-state index in [1.165, 1.54) is 11.0 Å². The molecule has 0 heterocycles. The smallest absolute Gasteiger partial charge is 0.244 e. The van der Waals surface area contributed by atoms with Crippen LogP contribution in [-0.4, -0.2) is 57.1 Å². The lowest BCUT2D eigenvalue weighted by Gasteiger charge is -2.34. The van der Waals surface area contributed by atoms with Crippen LogP contribution in [0.1, 0.15) is 56.6 Å². The number of nitrogens with one attached hydrogen (secondary N) is 1. The number of anilines is 1. The lowest BCUT2D eigenvalue weighted by atomic mass is 9.95. The zero-order valence-electron chi connectivity index (χ0n) is 22.6. The quantitative estimate of drug-likeness (QED) is 0.428. The Labute approximate surface area is 231 Å². The number of sulfonamides is 1. The number of ether oxygens (including phenoxy) is 1. The fourth-order valence-corrected chi connectivity index (χ4v) is 5.90. The van der Waals surface area contributed by atoms with Crippen molar-refractivity contribution in [3.05, 3.63) is 58.6 Å². The highest BCUT2D eigenvalue weighted by molar-refractivity contribution is 7.92. The predicted octanol–water partition coefficient (Wildman–Crippen LogP) is 4.68. The van der Waals surface area contributed by atoms with Gasteiger partial charge in [0.15, 0.2) is 0 Å². The van der Waals surface area contributed by atoms with E-state index in [1.54, 1.807) is 38.3 Å². The highest BCUT2D eigenvalue weighted by Crippen LogP contribution is 2.27. The zero-order chi connectivity index (χ0) is 27.9. The van der Waals surface area contributed by atoms with Crippen molar-refractivity contribution < 1.29 is 22.7 Å². The lowest BCUT2D eigenvalue weighted by Crippen LogP contribution is -2.54. The maximum Gasteiger partial charge on any atom is 0.244 e. The molecule has 0 aromatic heterocycles. The number of halogens is 1. The van der Waals surface area contributed by atoms with Crippen molar-refractivity contribution in [2.24, 2.45) is 0 Å². The molecule has 10 heteroatoms. The summed E-state index contributed by atoms with van der Waals surface area (Å²) < 4.78 is 32.0. The molecule has 1 aliphatic carbocycles. The minimum atomic E-state index is -3.83. The largest absolute Gasteiger partial charge is 0.497 e. The summed E-state index contributed by atoms with van der Waals surface area (Å²) in [6.07, 6.45) is 6.58. The third-order valence-corrected chi connectivity index (χ3v) is 8.33. The summed E-state index contributed by atoms with van der Waals surface area (Å²) in [4.78, 5) is 28.8. The van der Waals surface area contributed by atoms with Crippen molar-refractivity contribution >= 4 is 39.1 Å². The number of nitrogens with zero attached hydrogens (tertiary/aromatic N) is 2. The third kappa shape index (κ3) is 7.86. The van der Waals surface area contributed by atoms with Gasteiger partial charge in [-0.05, 0) is 61.6 Å². The Kier molecular flexibility index (Phi) is 10.4. The first-order chi connectivity index (χ1) is 18.0. The summed E-state index contributed by atoms with van der Waals surface area (Å²) >= 11 is 6.17. The van der Waals surface area contributed by atoms with E-state index in [2.05, 4.69) is 5.32 Å². The molecule has 1 unspecified atom stereocenters. The Hall–Kier alpha value is -2.78. The lowest BCUT2D eigenvalue weighted by molar-refractivity contribution is -0.140. The van der Waals surface area contributed by atoms with Crippen molar-refractivity contribution in [3.8, 4) is 5.75 Å². The number of methoxy groups -OCH3 is 1. The monoisotopic (exact) mass is 563 g/mol. The maximum absolute atomic E-state index is 13.9. The standard InChI is InChI=1S/C28H38ClN3O5S/c1-5-25(28(34)30-23-9-7-6-8-10-23)31(18-21-12-15-24(37-3)16-13-21)27(33)19-32(38(4,35)36)26-17-22(29)14-11-20(26)2/h11-17,23,25H,5-10,18-19H2,1-4H3,(H,30,34). The molecule has 38 heavy (non-hydrogen) atoms. The van der Waals surface area contributed by atoms with Gasteiger partial charge in [0.1, 0.15) is 18.3 Å². The molecule has 1 fully saturated rings. The average molecular weight is 564 g/mol. The number of hydrogen-bond acceptors (Lipinski definition) is 5. The van der Waals surface area contributed by atoms with Crippen LogP contribution in [0.2, 0.25) is 5.02 Å². The van der Waals surface area contributed by atoms with Crippen LogP contribution < -0.4 is 14.4 Å². The molecule has 3 rings (SSSR count). The normalized spacial score (nSPS) is 15.0. The second-order valence-electron chi connectivity index (χ2n) is 9.84. The molecule has 0 saturated heterocycles. The van der Waals surface area contributed by atoms with Crippen molar-refractivity contribution in [2.45, 2.75) is 71.0 Å². The van der Waals surface area contributed by atoms with E-state index >= 15 is 0 Å². The topological polar surface area (TPSA) is 96.0 Å². The van der Waals surface area contributed by atoms with Gasteiger partial charge in [0.25, 0.3) is 0 Å². The highest BCUT2D eigenvalue weighted by Gasteiger charge is 2.33. The van der Waals surface area contributed by atoms with Crippen molar-refractivity contribution in [1.29, 1.82) is 0 Å². The minimum absolute atomic E-state index is 0.0878. The molecule has 0 radical (unpaired) electrons. The van der Waals surface area contributed by atoms with E-state index < -0.39 is 28.5 Å². The summed E-state index contributed by atoms with van der Waals surface area (Å²) in [6, 6.07) is 11.5. The van der Waals surface area contributed by atoms with Gasteiger partial charge >= 0.3 is 0 Å². The predicted molar refractivity (Wildman–Crippen MR) is 151 cm³/mol. The van der Waals surface area contributed by atoms with Crippen molar-refractivity contribution in [3.63, 3.8) is 0 Å². The van der Waals surface area contributed by atoms with Crippen LogP contribution >= 0.6 is 11.6 Å². The number of benzene rings is 2. The number of hydrogen-bond donors (Lipinski definition) is 1. The summed E-state index contributed by atoms with van der Waals surface area (Å²) in [6.45, 7) is 3.31. The molecule has 208 valence electrons. The summed E-state index contributed by atoms with van der Waals surface area (Å²) in [5.74, 6) is -0.0178. The van der Waals surface area contributed by atoms with E-state index in [0.717, 1.165) is 48.2 Å². The van der Waals surface area contributed by atoms with E-state index in [4.69, 9.17) is 16.3 Å². The number of amides is 2. The van der Waals surface area contributed by atoms with Gasteiger partial charge < -0.3 is 15.0 Å². The Morgan fingerprint density at radius 1 is 1.11 bits per heavy atom. The molecule has 0 bridgehead atoms. The Morgan fingerprint density at radius 3 is 2.34 bits per heavy atom. The first-order valence-electron chi connectivity index (χ1n) is 13.0. The first kappa shape index (κ1) is 29.8. The molecule has 1 saturated carbocycles. The second kappa shape index (κ2) is 13.3. The minimum Gasteiger partial charge on any atom is -0.497 e. The highest BCUT2D eigenvalue weighted by atomic mass is 35.5. The van der Waals surface area contributed by atoms with Crippen LogP contribution in [0.5, 0.6) is 5.75 Å². The molecule has 2 aromatic carbocycles. The van der Waals surface area contributed by atoms with Crippen LogP contribution in [0.15, 0.2) is 42.5 Å². The summed E-state index contributed by atoms with van der Waals surface area (Å²) in [5, 5.41) is 3.50. The van der Waals surface area contributed by atoms with E-state index in [-0.39, 0.29) is 18.5 Å². The van der Waals surface area contributed by atoms with Gasteiger partial charge in [-0.15, -0.1) is 0 Å². The number of aryl methyl sites for hydroxylation is 1. The summed E-state index contributed by atoms with van der Waals surface area (Å²) in [5.41, 5.74) is 1.79. The fourth-order valence-electron chi connectivity index (χ4n) is 4.84.